The number of aromatic hydroxyl groups is 1. The van der Waals surface area contributed by atoms with E-state index in [-0.39, 0.29) is 11.7 Å². The number of esters is 1. The van der Waals surface area contributed by atoms with E-state index in [2.05, 4.69) is 5.32 Å². The first-order valence-corrected chi connectivity index (χ1v) is 7.30. The number of phenols is 1. The minimum absolute atomic E-state index is 0.0442. The molecule has 0 aliphatic carbocycles. The van der Waals surface area contributed by atoms with Crippen LogP contribution in [0.1, 0.15) is 25.8 Å². The molecule has 0 aliphatic rings. The number of carbonyl (C=O) groups is 2. The van der Waals surface area contributed by atoms with E-state index in [4.69, 9.17) is 10.5 Å². The molecule has 0 aliphatic heterocycles. The number of benzene rings is 1. The lowest BCUT2D eigenvalue weighted by molar-refractivity contribution is -0.146. The van der Waals surface area contributed by atoms with Crippen molar-refractivity contribution in [1.82, 2.24) is 5.32 Å². The zero-order valence-corrected chi connectivity index (χ0v) is 13.2. The standard InChI is InChI=1S/C16H24N2O4/c1-4-10(2)14(16(21)22-3)18-15(20)13(17)9-11-5-7-12(19)8-6-11/h5-8,10,13-14,19H,4,9,17H2,1-3H3,(H,18,20)/t10-,13-,14-/m0/s1. The summed E-state index contributed by atoms with van der Waals surface area (Å²) in [6.45, 7) is 3.80. The van der Waals surface area contributed by atoms with Crippen molar-refractivity contribution in [2.75, 3.05) is 7.11 Å². The zero-order valence-electron chi connectivity index (χ0n) is 13.2. The summed E-state index contributed by atoms with van der Waals surface area (Å²) in [6, 6.07) is 5.01. The fourth-order valence-corrected chi connectivity index (χ4v) is 2.04. The summed E-state index contributed by atoms with van der Waals surface area (Å²) in [6.07, 6.45) is 1.05. The molecule has 0 radical (unpaired) electrons. The van der Waals surface area contributed by atoms with Crippen LogP contribution in [0.4, 0.5) is 0 Å². The maximum absolute atomic E-state index is 12.2. The van der Waals surface area contributed by atoms with E-state index in [9.17, 15) is 14.7 Å². The number of rotatable bonds is 7. The Kier molecular flexibility index (Phi) is 6.85. The van der Waals surface area contributed by atoms with E-state index in [0.717, 1.165) is 12.0 Å². The van der Waals surface area contributed by atoms with Gasteiger partial charge in [-0.25, -0.2) is 4.79 Å². The van der Waals surface area contributed by atoms with E-state index in [1.165, 1.54) is 19.2 Å². The minimum Gasteiger partial charge on any atom is -0.508 e. The fourth-order valence-electron chi connectivity index (χ4n) is 2.04. The Labute approximate surface area is 130 Å². The predicted molar refractivity (Wildman–Crippen MR) is 83.2 cm³/mol. The molecule has 0 aromatic heterocycles. The van der Waals surface area contributed by atoms with E-state index < -0.39 is 24.0 Å². The second kappa shape index (κ2) is 8.38. The number of nitrogens with one attached hydrogen (secondary N) is 1. The lowest BCUT2D eigenvalue weighted by Gasteiger charge is -2.23. The molecule has 0 saturated heterocycles. The SMILES string of the molecule is CC[C@H](C)[C@H](NC(=O)[C@@H](N)Cc1ccc(O)cc1)C(=O)OC. The van der Waals surface area contributed by atoms with Gasteiger partial charge >= 0.3 is 5.97 Å². The van der Waals surface area contributed by atoms with E-state index in [1.807, 2.05) is 13.8 Å². The maximum atomic E-state index is 12.2. The van der Waals surface area contributed by atoms with Gasteiger partial charge < -0.3 is 20.9 Å². The van der Waals surface area contributed by atoms with Crippen LogP contribution in [0.25, 0.3) is 0 Å². The lowest BCUT2D eigenvalue weighted by atomic mass is 9.98. The number of hydrogen-bond acceptors (Lipinski definition) is 5. The van der Waals surface area contributed by atoms with Crippen molar-refractivity contribution in [2.45, 2.75) is 38.8 Å². The molecule has 122 valence electrons. The smallest absolute Gasteiger partial charge is 0.328 e. The third-order valence-electron chi connectivity index (χ3n) is 3.69. The molecule has 0 saturated carbocycles. The summed E-state index contributed by atoms with van der Waals surface area (Å²) < 4.78 is 4.73. The van der Waals surface area contributed by atoms with Gasteiger partial charge in [-0.1, -0.05) is 32.4 Å². The monoisotopic (exact) mass is 308 g/mol. The maximum Gasteiger partial charge on any atom is 0.328 e. The molecule has 1 aromatic carbocycles. The summed E-state index contributed by atoms with van der Waals surface area (Å²) >= 11 is 0. The Bertz CT molecular complexity index is 501. The summed E-state index contributed by atoms with van der Waals surface area (Å²) in [5.74, 6) is -0.759. The number of amides is 1. The Morgan fingerprint density at radius 3 is 2.41 bits per heavy atom. The zero-order chi connectivity index (χ0) is 16.7. The minimum atomic E-state index is -0.777. The van der Waals surface area contributed by atoms with Crippen molar-refractivity contribution in [3.05, 3.63) is 29.8 Å². The van der Waals surface area contributed by atoms with Gasteiger partial charge in [0.25, 0.3) is 0 Å². The Hall–Kier alpha value is -2.08. The molecule has 1 amide bonds. The van der Waals surface area contributed by atoms with Crippen LogP contribution in [-0.2, 0) is 20.7 Å². The van der Waals surface area contributed by atoms with Gasteiger partial charge in [0, 0.05) is 0 Å². The number of hydrogen-bond donors (Lipinski definition) is 3. The van der Waals surface area contributed by atoms with Gasteiger partial charge in [0.2, 0.25) is 5.91 Å². The largest absolute Gasteiger partial charge is 0.508 e. The summed E-state index contributed by atoms with van der Waals surface area (Å²) in [5.41, 5.74) is 6.72. The highest BCUT2D eigenvalue weighted by Gasteiger charge is 2.28. The highest BCUT2D eigenvalue weighted by molar-refractivity contribution is 5.87. The van der Waals surface area contributed by atoms with Gasteiger partial charge in [-0.15, -0.1) is 0 Å². The van der Waals surface area contributed by atoms with Crippen molar-refractivity contribution in [2.24, 2.45) is 11.7 Å². The van der Waals surface area contributed by atoms with Crippen molar-refractivity contribution >= 4 is 11.9 Å². The van der Waals surface area contributed by atoms with Crippen LogP contribution in [0.15, 0.2) is 24.3 Å². The van der Waals surface area contributed by atoms with E-state index in [0.29, 0.717) is 6.42 Å². The van der Waals surface area contributed by atoms with Gasteiger partial charge in [-0.3, -0.25) is 4.79 Å². The van der Waals surface area contributed by atoms with Crippen LogP contribution in [-0.4, -0.2) is 36.2 Å². The topological polar surface area (TPSA) is 102 Å². The van der Waals surface area contributed by atoms with Crippen molar-refractivity contribution in [3.8, 4) is 5.75 Å². The average Bonchev–Trinajstić information content (AvgIpc) is 2.52. The molecule has 1 rings (SSSR count). The molecule has 3 atom stereocenters. The molecule has 22 heavy (non-hydrogen) atoms. The quantitative estimate of drug-likeness (QED) is 0.651. The van der Waals surface area contributed by atoms with Gasteiger partial charge in [0.15, 0.2) is 0 Å². The van der Waals surface area contributed by atoms with E-state index in [1.54, 1.807) is 12.1 Å². The first kappa shape index (κ1) is 18.0. The van der Waals surface area contributed by atoms with Crippen LogP contribution < -0.4 is 11.1 Å². The molecule has 6 heteroatoms. The third-order valence-corrected chi connectivity index (χ3v) is 3.69. The molecule has 0 unspecified atom stereocenters. The lowest BCUT2D eigenvalue weighted by Crippen LogP contribution is -2.51. The molecule has 1 aromatic rings. The van der Waals surface area contributed by atoms with Gasteiger partial charge in [0.05, 0.1) is 13.2 Å². The third kappa shape index (κ3) is 5.04. The average molecular weight is 308 g/mol. The Morgan fingerprint density at radius 2 is 1.91 bits per heavy atom. The Balaban J connectivity index is 2.68. The predicted octanol–water partition coefficient (Wildman–Crippen LogP) is 0.966. The number of carbonyl (C=O) groups excluding carboxylic acids is 2. The number of ether oxygens (including phenoxy) is 1. The summed E-state index contributed by atoms with van der Waals surface area (Å²) in [5, 5.41) is 11.9. The van der Waals surface area contributed by atoms with Crippen molar-refractivity contribution < 1.29 is 19.4 Å². The van der Waals surface area contributed by atoms with Gasteiger partial charge in [-0.05, 0) is 30.0 Å². The van der Waals surface area contributed by atoms with Crippen LogP contribution in [0.2, 0.25) is 0 Å². The number of methoxy groups -OCH3 is 1. The van der Waals surface area contributed by atoms with Crippen LogP contribution in [0.3, 0.4) is 0 Å². The van der Waals surface area contributed by atoms with Crippen molar-refractivity contribution in [1.29, 1.82) is 0 Å². The van der Waals surface area contributed by atoms with Crippen LogP contribution in [0.5, 0.6) is 5.75 Å². The molecule has 0 spiro atoms. The second-order valence-corrected chi connectivity index (χ2v) is 5.37. The second-order valence-electron chi connectivity index (χ2n) is 5.37. The van der Waals surface area contributed by atoms with Crippen LogP contribution >= 0.6 is 0 Å². The number of phenolic OH excluding ortho intramolecular Hbond substituents is 1. The number of nitrogens with two attached hydrogens (primary N) is 1. The highest BCUT2D eigenvalue weighted by Crippen LogP contribution is 2.12. The van der Waals surface area contributed by atoms with Crippen LogP contribution in [0, 0.1) is 5.92 Å². The molecule has 4 N–H and O–H groups in total. The normalized spacial score (nSPS) is 14.7. The summed E-state index contributed by atoms with van der Waals surface area (Å²) in [4.78, 5) is 23.9. The summed E-state index contributed by atoms with van der Waals surface area (Å²) in [7, 11) is 1.29. The van der Waals surface area contributed by atoms with Crippen molar-refractivity contribution in [3.63, 3.8) is 0 Å². The fraction of sp³-hybridized carbons (Fsp3) is 0.500. The Morgan fingerprint density at radius 1 is 1.32 bits per heavy atom. The first-order chi connectivity index (χ1) is 10.4. The van der Waals surface area contributed by atoms with E-state index >= 15 is 0 Å². The molecule has 6 nitrogen and oxygen atoms in total. The molecule has 0 heterocycles. The molecule has 0 bridgehead atoms. The molecular weight excluding hydrogens is 284 g/mol. The highest BCUT2D eigenvalue weighted by atomic mass is 16.5. The first-order valence-electron chi connectivity index (χ1n) is 7.30. The molecular formula is C16H24N2O4. The molecule has 0 fully saturated rings. The van der Waals surface area contributed by atoms with Gasteiger partial charge in [0.1, 0.15) is 11.8 Å². The van der Waals surface area contributed by atoms with Gasteiger partial charge in [-0.2, -0.15) is 0 Å².